The van der Waals surface area contributed by atoms with E-state index in [0.717, 1.165) is 29.6 Å². The number of thiazole rings is 1. The summed E-state index contributed by atoms with van der Waals surface area (Å²) in [5.41, 5.74) is -0.892. The molecule has 3 heterocycles. The first kappa shape index (κ1) is 15.7. The van der Waals surface area contributed by atoms with Crippen LogP contribution in [0.3, 0.4) is 0 Å². The van der Waals surface area contributed by atoms with Crippen molar-refractivity contribution in [3.05, 3.63) is 16.1 Å². The van der Waals surface area contributed by atoms with Gasteiger partial charge in [0, 0.05) is 23.9 Å². The molecule has 0 aromatic carbocycles. The minimum absolute atomic E-state index is 0.0669. The highest BCUT2D eigenvalue weighted by molar-refractivity contribution is 7.09. The van der Waals surface area contributed by atoms with Gasteiger partial charge in [-0.1, -0.05) is 0 Å². The Labute approximate surface area is 130 Å². The van der Waals surface area contributed by atoms with Crippen LogP contribution in [0.25, 0.3) is 0 Å². The smallest absolute Gasteiger partial charge is 0.350 e. The molecular formula is C14H18F3N3OS. The van der Waals surface area contributed by atoms with Crippen molar-refractivity contribution in [3.8, 4) is 0 Å². The highest BCUT2D eigenvalue weighted by Crippen LogP contribution is 2.33. The molecule has 1 amide bonds. The summed E-state index contributed by atoms with van der Waals surface area (Å²) in [6.45, 7) is 0.0669. The van der Waals surface area contributed by atoms with Crippen molar-refractivity contribution in [2.45, 2.75) is 56.9 Å². The standard InChI is InChI=1S/C14H18F3N3OS/c15-14(16,17)11-7-22-13(20-11)6-18-12(21)5-8-3-9-1-2-10(4-8)19-9/h7-10,19H,1-6H2,(H,18,21). The van der Waals surface area contributed by atoms with E-state index in [4.69, 9.17) is 0 Å². The fourth-order valence-electron chi connectivity index (χ4n) is 3.37. The van der Waals surface area contributed by atoms with Gasteiger partial charge in [0.25, 0.3) is 0 Å². The van der Waals surface area contributed by atoms with Crippen LogP contribution in [0.5, 0.6) is 0 Å². The molecule has 4 nitrogen and oxygen atoms in total. The Hall–Kier alpha value is -1.15. The SMILES string of the molecule is O=C(CC1CC2CCC(C1)N2)NCc1nc(C(F)(F)F)cs1. The molecule has 2 fully saturated rings. The highest BCUT2D eigenvalue weighted by Gasteiger charge is 2.35. The summed E-state index contributed by atoms with van der Waals surface area (Å²) >= 11 is 0.919. The third kappa shape index (κ3) is 3.78. The number of alkyl halides is 3. The fourth-order valence-corrected chi connectivity index (χ4v) is 4.11. The van der Waals surface area contributed by atoms with Crippen LogP contribution in [0.15, 0.2) is 5.38 Å². The number of halogens is 3. The van der Waals surface area contributed by atoms with Crippen molar-refractivity contribution in [2.24, 2.45) is 5.92 Å². The Morgan fingerprint density at radius 3 is 2.64 bits per heavy atom. The van der Waals surface area contributed by atoms with Gasteiger partial charge in [0.15, 0.2) is 5.69 Å². The average molecular weight is 333 g/mol. The topological polar surface area (TPSA) is 54.0 Å². The summed E-state index contributed by atoms with van der Waals surface area (Å²) in [5.74, 6) is 0.274. The van der Waals surface area contributed by atoms with E-state index in [-0.39, 0.29) is 17.5 Å². The molecule has 1 aromatic heterocycles. The lowest BCUT2D eigenvalue weighted by Crippen LogP contribution is -2.39. The van der Waals surface area contributed by atoms with Crippen molar-refractivity contribution < 1.29 is 18.0 Å². The number of fused-ring (bicyclic) bond motifs is 2. The minimum atomic E-state index is -4.42. The first-order chi connectivity index (χ1) is 10.4. The number of aromatic nitrogens is 1. The molecule has 0 aliphatic carbocycles. The molecule has 0 spiro atoms. The number of hydrogen-bond acceptors (Lipinski definition) is 4. The third-order valence-electron chi connectivity index (χ3n) is 4.32. The molecule has 0 radical (unpaired) electrons. The van der Waals surface area contributed by atoms with Crippen LogP contribution in [-0.2, 0) is 17.5 Å². The van der Waals surface area contributed by atoms with E-state index in [1.54, 1.807) is 0 Å². The first-order valence-electron chi connectivity index (χ1n) is 7.44. The lowest BCUT2D eigenvalue weighted by atomic mass is 9.89. The van der Waals surface area contributed by atoms with Crippen LogP contribution < -0.4 is 10.6 Å². The molecule has 2 N–H and O–H groups in total. The third-order valence-corrected chi connectivity index (χ3v) is 5.17. The number of carbonyl (C=O) groups excluding carboxylic acids is 1. The molecule has 8 heteroatoms. The van der Waals surface area contributed by atoms with E-state index >= 15 is 0 Å². The zero-order valence-electron chi connectivity index (χ0n) is 11.9. The molecule has 2 saturated heterocycles. The number of nitrogens with one attached hydrogen (secondary N) is 2. The van der Waals surface area contributed by atoms with E-state index in [2.05, 4.69) is 15.6 Å². The van der Waals surface area contributed by atoms with Crippen molar-refractivity contribution in [1.29, 1.82) is 0 Å². The monoisotopic (exact) mass is 333 g/mol. The summed E-state index contributed by atoms with van der Waals surface area (Å²) in [6.07, 6.45) is 0.419. The van der Waals surface area contributed by atoms with Gasteiger partial charge in [-0.05, 0) is 31.6 Å². The quantitative estimate of drug-likeness (QED) is 0.891. The predicted octanol–water partition coefficient (Wildman–Crippen LogP) is 2.70. The molecule has 2 bridgehead atoms. The van der Waals surface area contributed by atoms with Gasteiger partial charge in [-0.25, -0.2) is 4.98 Å². The van der Waals surface area contributed by atoms with Crippen LogP contribution in [0.4, 0.5) is 13.2 Å². The normalized spacial score (nSPS) is 27.9. The van der Waals surface area contributed by atoms with Gasteiger partial charge in [-0.2, -0.15) is 13.2 Å². The number of hydrogen-bond donors (Lipinski definition) is 2. The summed E-state index contributed by atoms with van der Waals surface area (Å²) in [7, 11) is 0. The van der Waals surface area contributed by atoms with Gasteiger partial charge in [0.1, 0.15) is 5.01 Å². The first-order valence-corrected chi connectivity index (χ1v) is 8.32. The van der Waals surface area contributed by atoms with E-state index in [1.165, 1.54) is 12.8 Å². The van der Waals surface area contributed by atoms with Crippen molar-refractivity contribution in [2.75, 3.05) is 0 Å². The summed E-state index contributed by atoms with van der Waals surface area (Å²) in [4.78, 5) is 15.4. The van der Waals surface area contributed by atoms with Crippen LogP contribution in [0.1, 0.15) is 42.8 Å². The largest absolute Gasteiger partial charge is 0.434 e. The molecule has 0 saturated carbocycles. The molecular weight excluding hydrogens is 315 g/mol. The van der Waals surface area contributed by atoms with Crippen molar-refractivity contribution >= 4 is 17.2 Å². The molecule has 2 aliphatic rings. The van der Waals surface area contributed by atoms with Gasteiger partial charge in [0.2, 0.25) is 5.91 Å². The predicted molar refractivity (Wildman–Crippen MR) is 76.2 cm³/mol. The lowest BCUT2D eigenvalue weighted by Gasteiger charge is -2.28. The minimum Gasteiger partial charge on any atom is -0.350 e. The summed E-state index contributed by atoms with van der Waals surface area (Å²) < 4.78 is 37.3. The zero-order valence-corrected chi connectivity index (χ0v) is 12.8. The second-order valence-corrected chi connectivity index (χ2v) is 7.02. The molecule has 1 aromatic rings. The average Bonchev–Trinajstić information content (AvgIpc) is 3.03. The van der Waals surface area contributed by atoms with Crippen molar-refractivity contribution in [1.82, 2.24) is 15.6 Å². The van der Waals surface area contributed by atoms with Crippen LogP contribution in [-0.4, -0.2) is 23.0 Å². The second kappa shape index (κ2) is 6.16. The van der Waals surface area contributed by atoms with Crippen LogP contribution >= 0.6 is 11.3 Å². The molecule has 2 unspecified atom stereocenters. The van der Waals surface area contributed by atoms with Crippen LogP contribution in [0, 0.1) is 5.92 Å². The molecule has 2 atom stereocenters. The summed E-state index contributed by atoms with van der Waals surface area (Å²) in [6, 6.07) is 1.06. The second-order valence-electron chi connectivity index (χ2n) is 6.08. The zero-order chi connectivity index (χ0) is 15.7. The summed E-state index contributed by atoms with van der Waals surface area (Å²) in [5, 5.41) is 7.47. The van der Waals surface area contributed by atoms with Gasteiger partial charge in [-0.3, -0.25) is 4.79 Å². The lowest BCUT2D eigenvalue weighted by molar-refractivity contribution is -0.140. The molecule has 22 heavy (non-hydrogen) atoms. The Kier molecular flexibility index (Phi) is 4.40. The van der Waals surface area contributed by atoms with Gasteiger partial charge >= 0.3 is 6.18 Å². The fraction of sp³-hybridized carbons (Fsp3) is 0.714. The molecule has 2 aliphatic heterocycles. The van der Waals surface area contributed by atoms with Crippen LogP contribution in [0.2, 0.25) is 0 Å². The van der Waals surface area contributed by atoms with E-state index in [9.17, 15) is 18.0 Å². The van der Waals surface area contributed by atoms with Gasteiger partial charge in [-0.15, -0.1) is 11.3 Å². The maximum atomic E-state index is 12.4. The van der Waals surface area contributed by atoms with Gasteiger partial charge in [0.05, 0.1) is 6.54 Å². The molecule has 122 valence electrons. The Morgan fingerprint density at radius 1 is 1.36 bits per heavy atom. The Bertz CT molecular complexity index is 534. The van der Waals surface area contributed by atoms with Gasteiger partial charge < -0.3 is 10.6 Å². The number of rotatable bonds is 4. The number of carbonyl (C=O) groups is 1. The Morgan fingerprint density at radius 2 is 2.05 bits per heavy atom. The van der Waals surface area contributed by atoms with Crippen molar-refractivity contribution in [3.63, 3.8) is 0 Å². The number of amides is 1. The van der Waals surface area contributed by atoms with E-state index < -0.39 is 11.9 Å². The number of piperidine rings is 1. The van der Waals surface area contributed by atoms with E-state index in [1.807, 2.05) is 0 Å². The Balaban J connectivity index is 1.45. The molecule has 3 rings (SSSR count). The van der Waals surface area contributed by atoms with E-state index in [0.29, 0.717) is 24.4 Å². The number of nitrogens with zero attached hydrogens (tertiary/aromatic N) is 1. The maximum Gasteiger partial charge on any atom is 0.434 e. The highest BCUT2D eigenvalue weighted by atomic mass is 32.1. The maximum absolute atomic E-state index is 12.4.